The van der Waals surface area contributed by atoms with Crippen molar-refractivity contribution < 1.29 is 19.5 Å². The summed E-state index contributed by atoms with van der Waals surface area (Å²) in [5.74, 6) is -1.35. The van der Waals surface area contributed by atoms with E-state index in [1.54, 1.807) is 36.4 Å². The van der Waals surface area contributed by atoms with E-state index in [0.29, 0.717) is 49.7 Å². The molecule has 0 atom stereocenters. The Kier molecular flexibility index (Phi) is 7.25. The summed E-state index contributed by atoms with van der Waals surface area (Å²) >= 11 is 0. The Bertz CT molecular complexity index is 938. The SMILES string of the molecule is CC(C)NC(=O)CN1CCN(c2ccc(NC(=O)c3ccccc3)cc2C(=O)O)CC1. The van der Waals surface area contributed by atoms with Gasteiger partial charge in [0.25, 0.3) is 5.91 Å². The summed E-state index contributed by atoms with van der Waals surface area (Å²) in [5.41, 5.74) is 1.67. The van der Waals surface area contributed by atoms with Crippen LogP contribution in [0.5, 0.6) is 0 Å². The summed E-state index contributed by atoms with van der Waals surface area (Å²) in [4.78, 5) is 40.3. The van der Waals surface area contributed by atoms with Crippen molar-refractivity contribution in [2.75, 3.05) is 42.9 Å². The van der Waals surface area contributed by atoms with Gasteiger partial charge in [0, 0.05) is 43.5 Å². The standard InChI is InChI=1S/C23H28N4O4/c1-16(2)24-21(28)15-26-10-12-27(13-11-26)20-9-8-18(14-19(20)23(30)31)25-22(29)17-6-4-3-5-7-17/h3-9,14,16H,10-13,15H2,1-2H3,(H,24,28)(H,25,29)(H,30,31). The van der Waals surface area contributed by atoms with E-state index in [2.05, 4.69) is 15.5 Å². The molecule has 1 fully saturated rings. The van der Waals surface area contributed by atoms with Gasteiger partial charge in [-0.25, -0.2) is 4.79 Å². The molecular weight excluding hydrogens is 396 g/mol. The molecule has 1 heterocycles. The number of aromatic carboxylic acids is 1. The summed E-state index contributed by atoms with van der Waals surface area (Å²) in [5, 5.41) is 15.4. The number of nitrogens with one attached hydrogen (secondary N) is 2. The number of carboxylic acid groups (broad SMARTS) is 1. The molecule has 0 radical (unpaired) electrons. The number of nitrogens with zero attached hydrogens (tertiary/aromatic N) is 2. The minimum Gasteiger partial charge on any atom is -0.478 e. The summed E-state index contributed by atoms with van der Waals surface area (Å²) in [6.45, 7) is 6.75. The van der Waals surface area contributed by atoms with Gasteiger partial charge in [0.15, 0.2) is 0 Å². The van der Waals surface area contributed by atoms with Crippen molar-refractivity contribution in [3.8, 4) is 0 Å². The van der Waals surface area contributed by atoms with E-state index < -0.39 is 5.97 Å². The third-order valence-electron chi connectivity index (χ3n) is 5.05. The molecule has 0 spiro atoms. The molecule has 164 valence electrons. The lowest BCUT2D eigenvalue weighted by molar-refractivity contribution is -0.122. The van der Waals surface area contributed by atoms with Crippen LogP contribution in [0.25, 0.3) is 0 Å². The number of rotatable bonds is 7. The van der Waals surface area contributed by atoms with Crippen LogP contribution in [0.3, 0.4) is 0 Å². The first-order valence-corrected chi connectivity index (χ1v) is 10.3. The fourth-order valence-electron chi connectivity index (χ4n) is 3.57. The van der Waals surface area contributed by atoms with Gasteiger partial charge in [-0.1, -0.05) is 18.2 Å². The fraction of sp³-hybridized carbons (Fsp3) is 0.348. The molecule has 0 aliphatic carbocycles. The largest absolute Gasteiger partial charge is 0.478 e. The number of carboxylic acids is 1. The molecule has 2 aromatic carbocycles. The number of carbonyl (C=O) groups is 3. The summed E-state index contributed by atoms with van der Waals surface area (Å²) in [6, 6.07) is 13.8. The zero-order valence-corrected chi connectivity index (χ0v) is 17.8. The average molecular weight is 425 g/mol. The second kappa shape index (κ2) is 10.1. The van der Waals surface area contributed by atoms with Crippen molar-refractivity contribution in [1.29, 1.82) is 0 Å². The maximum Gasteiger partial charge on any atom is 0.337 e. The minimum absolute atomic E-state index is 0.00631. The Hall–Kier alpha value is -3.39. The van der Waals surface area contributed by atoms with Gasteiger partial charge >= 0.3 is 5.97 Å². The third kappa shape index (κ3) is 6.05. The van der Waals surface area contributed by atoms with Crippen LogP contribution in [0.15, 0.2) is 48.5 Å². The second-order valence-electron chi connectivity index (χ2n) is 7.84. The average Bonchev–Trinajstić information content (AvgIpc) is 2.74. The van der Waals surface area contributed by atoms with Gasteiger partial charge in [0.2, 0.25) is 5.91 Å². The zero-order valence-electron chi connectivity index (χ0n) is 17.8. The molecule has 1 aliphatic heterocycles. The molecule has 2 aromatic rings. The van der Waals surface area contributed by atoms with Crippen molar-refractivity contribution in [3.63, 3.8) is 0 Å². The Morgan fingerprint density at radius 1 is 1.00 bits per heavy atom. The number of hydrogen-bond acceptors (Lipinski definition) is 5. The predicted molar refractivity (Wildman–Crippen MR) is 120 cm³/mol. The number of hydrogen-bond donors (Lipinski definition) is 3. The second-order valence-corrected chi connectivity index (χ2v) is 7.84. The Balaban J connectivity index is 1.66. The summed E-state index contributed by atoms with van der Waals surface area (Å²) in [7, 11) is 0. The Morgan fingerprint density at radius 3 is 2.29 bits per heavy atom. The predicted octanol–water partition coefficient (Wildman–Crippen LogP) is 2.28. The highest BCUT2D eigenvalue weighted by Crippen LogP contribution is 2.26. The Morgan fingerprint density at radius 2 is 1.68 bits per heavy atom. The zero-order chi connectivity index (χ0) is 22.4. The topological polar surface area (TPSA) is 102 Å². The van der Waals surface area contributed by atoms with Crippen LogP contribution >= 0.6 is 0 Å². The van der Waals surface area contributed by atoms with E-state index in [4.69, 9.17) is 0 Å². The van der Waals surface area contributed by atoms with Crippen molar-refractivity contribution in [2.24, 2.45) is 0 Å². The van der Waals surface area contributed by atoms with Gasteiger partial charge in [-0.05, 0) is 44.2 Å². The molecular formula is C23H28N4O4. The number of carbonyl (C=O) groups excluding carboxylic acids is 2. The molecule has 0 aromatic heterocycles. The van der Waals surface area contributed by atoms with Crippen LogP contribution < -0.4 is 15.5 Å². The van der Waals surface area contributed by atoms with Crippen LogP contribution in [0.1, 0.15) is 34.6 Å². The first kappa shape index (κ1) is 22.3. The first-order chi connectivity index (χ1) is 14.8. The van der Waals surface area contributed by atoms with Crippen LogP contribution in [0, 0.1) is 0 Å². The quantitative estimate of drug-likeness (QED) is 0.630. The van der Waals surface area contributed by atoms with Gasteiger partial charge in [-0.2, -0.15) is 0 Å². The molecule has 3 rings (SSSR count). The number of amides is 2. The van der Waals surface area contributed by atoms with Crippen LogP contribution in [0.4, 0.5) is 11.4 Å². The van der Waals surface area contributed by atoms with E-state index in [1.165, 1.54) is 6.07 Å². The number of anilines is 2. The molecule has 2 amide bonds. The third-order valence-corrected chi connectivity index (χ3v) is 5.05. The van der Waals surface area contributed by atoms with Gasteiger partial charge in [0.05, 0.1) is 17.8 Å². The summed E-state index contributed by atoms with van der Waals surface area (Å²) < 4.78 is 0. The van der Waals surface area contributed by atoms with Gasteiger partial charge in [-0.15, -0.1) is 0 Å². The molecule has 0 bridgehead atoms. The van der Waals surface area contributed by atoms with E-state index >= 15 is 0 Å². The molecule has 0 saturated carbocycles. The molecule has 8 heteroatoms. The van der Waals surface area contributed by atoms with Crippen LogP contribution in [-0.2, 0) is 4.79 Å². The van der Waals surface area contributed by atoms with Crippen LogP contribution in [0.2, 0.25) is 0 Å². The van der Waals surface area contributed by atoms with Crippen molar-refractivity contribution in [2.45, 2.75) is 19.9 Å². The van der Waals surface area contributed by atoms with Crippen LogP contribution in [-0.4, -0.2) is 66.6 Å². The highest BCUT2D eigenvalue weighted by atomic mass is 16.4. The maximum atomic E-state index is 12.4. The van der Waals surface area contributed by atoms with E-state index in [9.17, 15) is 19.5 Å². The molecule has 1 aliphatic rings. The monoisotopic (exact) mass is 424 g/mol. The summed E-state index contributed by atoms with van der Waals surface area (Å²) in [6.07, 6.45) is 0. The van der Waals surface area contributed by atoms with Gasteiger partial charge in [-0.3, -0.25) is 14.5 Å². The van der Waals surface area contributed by atoms with E-state index in [0.717, 1.165) is 0 Å². The molecule has 0 unspecified atom stereocenters. The van der Waals surface area contributed by atoms with Crippen molar-refractivity contribution in [3.05, 3.63) is 59.7 Å². The lowest BCUT2D eigenvalue weighted by Gasteiger charge is -2.36. The molecule has 1 saturated heterocycles. The smallest absolute Gasteiger partial charge is 0.337 e. The van der Waals surface area contributed by atoms with Crippen molar-refractivity contribution in [1.82, 2.24) is 10.2 Å². The van der Waals surface area contributed by atoms with E-state index in [-0.39, 0.29) is 23.4 Å². The lowest BCUT2D eigenvalue weighted by atomic mass is 10.1. The van der Waals surface area contributed by atoms with E-state index in [1.807, 2.05) is 24.8 Å². The highest BCUT2D eigenvalue weighted by molar-refractivity contribution is 6.05. The molecule has 3 N–H and O–H groups in total. The molecule has 31 heavy (non-hydrogen) atoms. The fourth-order valence-corrected chi connectivity index (χ4v) is 3.57. The Labute approximate surface area is 181 Å². The van der Waals surface area contributed by atoms with Gasteiger partial charge < -0.3 is 20.6 Å². The van der Waals surface area contributed by atoms with Crippen molar-refractivity contribution >= 4 is 29.2 Å². The normalized spacial score (nSPS) is 14.4. The molecule has 8 nitrogen and oxygen atoms in total. The van der Waals surface area contributed by atoms with Gasteiger partial charge in [0.1, 0.15) is 0 Å². The highest BCUT2D eigenvalue weighted by Gasteiger charge is 2.23. The minimum atomic E-state index is -1.05. The maximum absolute atomic E-state index is 12.4. The number of benzene rings is 2. The first-order valence-electron chi connectivity index (χ1n) is 10.3. The number of piperazine rings is 1. The lowest BCUT2D eigenvalue weighted by Crippen LogP contribution is -2.50.